The molecule has 0 unspecified atom stereocenters. The van der Waals surface area contributed by atoms with E-state index in [4.69, 9.17) is 21.1 Å². The van der Waals surface area contributed by atoms with Crippen LogP contribution < -0.4 is 27.0 Å². The molecule has 6 N–H and O–H groups in total. The molecule has 0 aromatic heterocycles. The number of rotatable bonds is 12. The van der Waals surface area contributed by atoms with Crippen molar-refractivity contribution >= 4 is 28.4 Å². The van der Waals surface area contributed by atoms with Crippen LogP contribution in [0.4, 0.5) is 11.4 Å². The minimum atomic E-state index is 0.0302. The molecule has 204 valence electrons. The number of nitrogens with two attached hydrogens (primary N) is 1. The summed E-state index contributed by atoms with van der Waals surface area (Å²) in [4.78, 5) is 10.1. The average molecular weight is 533 g/mol. The van der Waals surface area contributed by atoms with Crippen molar-refractivity contribution in [3.63, 3.8) is 0 Å². The molecule has 0 bridgehead atoms. The van der Waals surface area contributed by atoms with Crippen molar-refractivity contribution in [1.29, 1.82) is 5.41 Å². The van der Waals surface area contributed by atoms with Crippen molar-refractivity contribution in [3.05, 3.63) is 102 Å². The summed E-state index contributed by atoms with van der Waals surface area (Å²) >= 11 is 0. The highest BCUT2D eigenvalue weighted by Gasteiger charge is 2.16. The van der Waals surface area contributed by atoms with E-state index in [1.165, 1.54) is 0 Å². The number of anilines is 2. The van der Waals surface area contributed by atoms with Gasteiger partial charge in [0.15, 0.2) is 5.96 Å². The Morgan fingerprint density at radius 2 is 1.52 bits per heavy atom. The zero-order chi connectivity index (χ0) is 27.6. The van der Waals surface area contributed by atoms with Gasteiger partial charge in [-0.25, -0.2) is 4.98 Å². The third-order valence-electron chi connectivity index (χ3n) is 6.65. The molecule has 1 heterocycles. The largest absolute Gasteiger partial charge is 0.370 e. The highest BCUT2D eigenvalue weighted by Crippen LogP contribution is 2.30. The summed E-state index contributed by atoms with van der Waals surface area (Å²) in [6.07, 6.45) is 2.95. The molecule has 40 heavy (non-hydrogen) atoms. The molecular formula is C32H36N8. The second-order valence-corrected chi connectivity index (χ2v) is 9.65. The smallest absolute Gasteiger partial charge is 0.185 e. The Balaban J connectivity index is 1.43. The van der Waals surface area contributed by atoms with Gasteiger partial charge in [-0.1, -0.05) is 48.5 Å². The number of nitrogens with zero attached hydrogens (tertiary/aromatic N) is 3. The molecular weight excluding hydrogens is 496 g/mol. The van der Waals surface area contributed by atoms with Gasteiger partial charge < -0.3 is 26.3 Å². The van der Waals surface area contributed by atoms with Gasteiger partial charge in [0.25, 0.3) is 0 Å². The Morgan fingerprint density at radius 3 is 2.33 bits per heavy atom. The van der Waals surface area contributed by atoms with E-state index in [-0.39, 0.29) is 5.96 Å². The van der Waals surface area contributed by atoms with Gasteiger partial charge >= 0.3 is 0 Å². The zero-order valence-electron chi connectivity index (χ0n) is 22.6. The molecule has 8 heteroatoms. The van der Waals surface area contributed by atoms with E-state index >= 15 is 0 Å². The Morgan fingerprint density at radius 1 is 0.825 bits per heavy atom. The second kappa shape index (κ2) is 13.4. The molecule has 1 aliphatic heterocycles. The van der Waals surface area contributed by atoms with Gasteiger partial charge in [0.2, 0.25) is 0 Å². The first-order valence-corrected chi connectivity index (χ1v) is 13.8. The van der Waals surface area contributed by atoms with Crippen molar-refractivity contribution < 1.29 is 0 Å². The van der Waals surface area contributed by atoms with Gasteiger partial charge in [0.05, 0.1) is 33.5 Å². The van der Waals surface area contributed by atoms with Gasteiger partial charge in [-0.15, -0.1) is 0 Å². The minimum absolute atomic E-state index is 0.0302. The molecule has 1 aliphatic carbocycles. The minimum Gasteiger partial charge on any atom is -0.370 e. The second-order valence-electron chi connectivity index (χ2n) is 9.65. The fourth-order valence-corrected chi connectivity index (χ4v) is 4.73. The zero-order valence-corrected chi connectivity index (χ0v) is 22.6. The summed E-state index contributed by atoms with van der Waals surface area (Å²) in [6, 6.07) is 33.1. The van der Waals surface area contributed by atoms with Crippen molar-refractivity contribution in [2.24, 2.45) is 10.7 Å². The number of benzene rings is 4. The molecule has 3 aromatic rings. The molecule has 0 saturated carbocycles. The van der Waals surface area contributed by atoms with Gasteiger partial charge in [0.1, 0.15) is 0 Å². The molecule has 0 saturated heterocycles. The van der Waals surface area contributed by atoms with E-state index in [0.29, 0.717) is 6.54 Å². The number of hydrogen-bond acceptors (Lipinski definition) is 5. The molecule has 0 atom stereocenters. The van der Waals surface area contributed by atoms with E-state index in [1.807, 2.05) is 30.3 Å². The number of aromatic nitrogens is 2. The SMILES string of the molecule is N=C(N)NCCCCNCCC/N=c1/cc2n(-c3ccccc3)c3ccccc3nc-2cc1Nc1ccccc1. The van der Waals surface area contributed by atoms with Crippen LogP contribution in [0.3, 0.4) is 0 Å². The van der Waals surface area contributed by atoms with Gasteiger partial charge in [-0.3, -0.25) is 10.4 Å². The monoisotopic (exact) mass is 532 g/mol. The summed E-state index contributed by atoms with van der Waals surface area (Å²) in [5.74, 6) is 0.0302. The quantitative estimate of drug-likeness (QED) is 0.0670. The van der Waals surface area contributed by atoms with Crippen LogP contribution >= 0.6 is 0 Å². The molecule has 5 rings (SSSR count). The number of para-hydroxylation sites is 4. The standard InChI is InChI=1S/C32H36N8/c33-32(34)37-20-10-9-18-35-19-11-21-36-27-23-31-29(22-28(27)38-24-12-3-1-4-13-24)39-26-16-7-8-17-30(26)40(31)25-14-5-2-6-15-25/h1-8,12-17,22-23,35,38H,9-11,18-21H2,(H4,33,34,37)/b36-27-. The van der Waals surface area contributed by atoms with Gasteiger partial charge in [-0.05, 0) is 80.9 Å². The van der Waals surface area contributed by atoms with Crippen LogP contribution in [0, 0.1) is 5.41 Å². The van der Waals surface area contributed by atoms with E-state index < -0.39 is 0 Å². The molecule has 0 radical (unpaired) electrons. The lowest BCUT2D eigenvalue weighted by atomic mass is 10.1. The average Bonchev–Trinajstić information content (AvgIpc) is 2.98. The van der Waals surface area contributed by atoms with E-state index in [9.17, 15) is 0 Å². The predicted octanol–water partition coefficient (Wildman–Crippen LogP) is 5.02. The maximum Gasteiger partial charge on any atom is 0.185 e. The molecule has 8 nitrogen and oxygen atoms in total. The highest BCUT2D eigenvalue weighted by atomic mass is 15.0. The normalized spacial score (nSPS) is 11.7. The van der Waals surface area contributed by atoms with Crippen molar-refractivity contribution in [1.82, 2.24) is 20.2 Å². The fraction of sp³-hybridized carbons (Fsp3) is 0.219. The maximum absolute atomic E-state index is 7.20. The number of fused-ring (bicyclic) bond motifs is 2. The van der Waals surface area contributed by atoms with E-state index in [0.717, 1.165) is 83.7 Å². The Bertz CT molecular complexity index is 1580. The summed E-state index contributed by atoms with van der Waals surface area (Å²) in [7, 11) is 0. The molecule has 3 aromatic carbocycles. The van der Waals surface area contributed by atoms with Crippen molar-refractivity contribution in [3.8, 4) is 17.1 Å². The van der Waals surface area contributed by atoms with Crippen LogP contribution in [0.25, 0.3) is 28.1 Å². The maximum atomic E-state index is 7.20. The van der Waals surface area contributed by atoms with E-state index in [1.54, 1.807) is 0 Å². The number of hydrogen-bond donors (Lipinski definition) is 5. The van der Waals surface area contributed by atoms with Crippen LogP contribution in [0.15, 0.2) is 102 Å². The highest BCUT2D eigenvalue weighted by molar-refractivity contribution is 5.84. The number of nitrogens with one attached hydrogen (secondary N) is 4. The van der Waals surface area contributed by atoms with Gasteiger partial charge in [-0.2, -0.15) is 0 Å². The lowest BCUT2D eigenvalue weighted by Crippen LogP contribution is -2.31. The molecule has 0 fully saturated rings. The lowest BCUT2D eigenvalue weighted by molar-refractivity contribution is 0.601. The first kappa shape index (κ1) is 26.9. The van der Waals surface area contributed by atoms with Crippen LogP contribution in [-0.4, -0.2) is 41.7 Å². The molecule has 2 aliphatic rings. The summed E-state index contributed by atoms with van der Waals surface area (Å²) < 4.78 is 2.27. The number of guanidine groups is 1. The predicted molar refractivity (Wildman–Crippen MR) is 164 cm³/mol. The lowest BCUT2D eigenvalue weighted by Gasteiger charge is -2.20. The summed E-state index contributed by atoms with van der Waals surface area (Å²) in [5.41, 5.74) is 12.3. The van der Waals surface area contributed by atoms with Crippen molar-refractivity contribution in [2.75, 3.05) is 31.5 Å². The first-order chi connectivity index (χ1) is 19.7. The third-order valence-corrected chi connectivity index (χ3v) is 6.65. The van der Waals surface area contributed by atoms with Crippen LogP contribution in [0.1, 0.15) is 19.3 Å². The van der Waals surface area contributed by atoms with Gasteiger partial charge in [0, 0.05) is 24.5 Å². The summed E-state index contributed by atoms with van der Waals surface area (Å²) in [5, 5.41) is 18.0. The Hall–Kier alpha value is -4.69. The number of unbranched alkanes of at least 4 members (excludes halogenated alkanes) is 1. The Labute approximate surface area is 234 Å². The van der Waals surface area contributed by atoms with Crippen molar-refractivity contribution in [2.45, 2.75) is 19.3 Å². The molecule has 0 amide bonds. The van der Waals surface area contributed by atoms with Crippen LogP contribution in [0.5, 0.6) is 0 Å². The fourth-order valence-electron chi connectivity index (χ4n) is 4.73. The van der Waals surface area contributed by atoms with Crippen LogP contribution in [0.2, 0.25) is 0 Å². The Kier molecular flexibility index (Phi) is 9.01. The first-order valence-electron chi connectivity index (χ1n) is 13.8. The third kappa shape index (κ3) is 6.84. The topological polar surface area (TPSA) is 116 Å². The van der Waals surface area contributed by atoms with E-state index in [2.05, 4.69) is 87.2 Å². The summed E-state index contributed by atoms with van der Waals surface area (Å²) in [6.45, 7) is 3.28. The molecule has 0 spiro atoms. The van der Waals surface area contributed by atoms with Crippen LogP contribution in [-0.2, 0) is 0 Å².